The molecule has 0 heterocycles. The molecule has 82 valence electrons. The quantitative estimate of drug-likeness (QED) is 0.646. The third-order valence-corrected chi connectivity index (χ3v) is 2.54. The number of hydrogen-bond donors (Lipinski definition) is 2. The van der Waals surface area contributed by atoms with Crippen molar-refractivity contribution in [1.29, 1.82) is 0 Å². The molecule has 1 rings (SSSR count). The van der Waals surface area contributed by atoms with Gasteiger partial charge in [-0.25, -0.2) is 0 Å². The van der Waals surface area contributed by atoms with Crippen molar-refractivity contribution in [3.63, 3.8) is 0 Å². The van der Waals surface area contributed by atoms with E-state index < -0.39 is 10.5 Å². The van der Waals surface area contributed by atoms with E-state index in [1.165, 1.54) is 12.1 Å². The molecule has 0 saturated heterocycles. The normalized spacial score (nSPS) is 14.7. The number of nitro benzene ring substituents is 1. The van der Waals surface area contributed by atoms with E-state index in [9.17, 15) is 10.1 Å². The summed E-state index contributed by atoms with van der Waals surface area (Å²) >= 11 is 3.16. The Labute approximate surface area is 95.2 Å². The highest BCUT2D eigenvalue weighted by Crippen LogP contribution is 2.26. The van der Waals surface area contributed by atoms with Crippen LogP contribution >= 0.6 is 15.9 Å². The number of nitrogens with two attached hydrogens (primary N) is 1. The van der Waals surface area contributed by atoms with Gasteiger partial charge in [-0.3, -0.25) is 10.1 Å². The summed E-state index contributed by atoms with van der Waals surface area (Å²) in [5, 5.41) is 19.7. The SMILES string of the molecule is CC(N)(CO)c1cc(Br)cc([N+](=O)[O-])c1. The van der Waals surface area contributed by atoms with Gasteiger partial charge in [-0.15, -0.1) is 0 Å². The number of aliphatic hydroxyl groups is 1. The van der Waals surface area contributed by atoms with Crippen LogP contribution in [-0.4, -0.2) is 16.6 Å². The number of hydrogen-bond acceptors (Lipinski definition) is 4. The van der Waals surface area contributed by atoms with Gasteiger partial charge in [-0.05, 0) is 18.6 Å². The first-order chi connectivity index (χ1) is 6.86. The fourth-order valence-electron chi connectivity index (χ4n) is 1.10. The number of nitrogens with zero attached hydrogens (tertiary/aromatic N) is 1. The predicted molar refractivity (Wildman–Crippen MR) is 59.4 cm³/mol. The molecule has 0 spiro atoms. The van der Waals surface area contributed by atoms with Gasteiger partial charge in [0, 0.05) is 16.6 Å². The standard InChI is InChI=1S/C9H11BrN2O3/c1-9(11,5-13)6-2-7(10)4-8(3-6)12(14)15/h2-4,13H,5,11H2,1H3. The zero-order valence-corrected chi connectivity index (χ0v) is 9.69. The average Bonchev–Trinajstić information content (AvgIpc) is 2.16. The van der Waals surface area contributed by atoms with Crippen LogP contribution in [0.2, 0.25) is 0 Å². The largest absolute Gasteiger partial charge is 0.394 e. The van der Waals surface area contributed by atoms with Gasteiger partial charge >= 0.3 is 0 Å². The number of nitro groups is 1. The lowest BCUT2D eigenvalue weighted by Gasteiger charge is -2.22. The van der Waals surface area contributed by atoms with Crippen molar-refractivity contribution in [3.8, 4) is 0 Å². The molecule has 0 bridgehead atoms. The Bertz CT molecular complexity index is 393. The Kier molecular flexibility index (Phi) is 3.43. The fraction of sp³-hybridized carbons (Fsp3) is 0.333. The van der Waals surface area contributed by atoms with E-state index in [-0.39, 0.29) is 12.3 Å². The van der Waals surface area contributed by atoms with Crippen LogP contribution in [0.5, 0.6) is 0 Å². The van der Waals surface area contributed by atoms with Crippen molar-refractivity contribution in [2.45, 2.75) is 12.5 Å². The van der Waals surface area contributed by atoms with Crippen molar-refractivity contribution in [2.24, 2.45) is 5.73 Å². The van der Waals surface area contributed by atoms with Gasteiger partial charge in [-0.2, -0.15) is 0 Å². The molecule has 0 fully saturated rings. The lowest BCUT2D eigenvalue weighted by molar-refractivity contribution is -0.385. The van der Waals surface area contributed by atoms with E-state index in [4.69, 9.17) is 10.8 Å². The fourth-order valence-corrected chi connectivity index (χ4v) is 1.58. The Morgan fingerprint density at radius 1 is 1.60 bits per heavy atom. The zero-order chi connectivity index (χ0) is 11.6. The topological polar surface area (TPSA) is 89.4 Å². The third kappa shape index (κ3) is 2.74. The van der Waals surface area contributed by atoms with E-state index in [1.807, 2.05) is 0 Å². The molecule has 0 amide bonds. The highest BCUT2D eigenvalue weighted by atomic mass is 79.9. The Morgan fingerprint density at radius 2 is 2.20 bits per heavy atom. The van der Waals surface area contributed by atoms with E-state index in [0.717, 1.165) is 0 Å². The van der Waals surface area contributed by atoms with Crippen molar-refractivity contribution in [3.05, 3.63) is 38.3 Å². The first kappa shape index (κ1) is 12.1. The number of non-ortho nitro benzene ring substituents is 1. The molecule has 1 aromatic carbocycles. The van der Waals surface area contributed by atoms with Crippen molar-refractivity contribution >= 4 is 21.6 Å². The molecular formula is C9H11BrN2O3. The summed E-state index contributed by atoms with van der Waals surface area (Å²) in [6, 6.07) is 4.40. The van der Waals surface area contributed by atoms with Crippen LogP contribution in [0.4, 0.5) is 5.69 Å². The molecule has 1 unspecified atom stereocenters. The molecule has 6 heteroatoms. The van der Waals surface area contributed by atoms with E-state index >= 15 is 0 Å². The molecule has 0 aliphatic heterocycles. The second-order valence-corrected chi connectivity index (χ2v) is 4.45. The molecule has 15 heavy (non-hydrogen) atoms. The minimum Gasteiger partial charge on any atom is -0.394 e. The van der Waals surface area contributed by atoms with Crippen LogP contribution in [0.25, 0.3) is 0 Å². The minimum absolute atomic E-state index is 0.0514. The van der Waals surface area contributed by atoms with Crippen LogP contribution in [0.1, 0.15) is 12.5 Å². The Hall–Kier alpha value is -0.980. The molecule has 0 aliphatic rings. The highest BCUT2D eigenvalue weighted by molar-refractivity contribution is 9.10. The van der Waals surface area contributed by atoms with E-state index in [0.29, 0.717) is 10.0 Å². The molecule has 0 radical (unpaired) electrons. The second kappa shape index (κ2) is 4.26. The van der Waals surface area contributed by atoms with Gasteiger partial charge in [0.1, 0.15) is 0 Å². The minimum atomic E-state index is -0.978. The molecule has 0 saturated carbocycles. The summed E-state index contributed by atoms with van der Waals surface area (Å²) in [5.74, 6) is 0. The van der Waals surface area contributed by atoms with Gasteiger partial charge in [0.2, 0.25) is 0 Å². The molecular weight excluding hydrogens is 264 g/mol. The van der Waals surface area contributed by atoms with Gasteiger partial charge in [0.05, 0.1) is 17.1 Å². The zero-order valence-electron chi connectivity index (χ0n) is 8.11. The summed E-state index contributed by atoms with van der Waals surface area (Å²) in [5.41, 5.74) is 5.27. The lowest BCUT2D eigenvalue weighted by Crippen LogP contribution is -2.36. The summed E-state index contributed by atoms with van der Waals surface area (Å²) in [6.45, 7) is 1.33. The number of halogens is 1. The maximum absolute atomic E-state index is 10.6. The van der Waals surface area contributed by atoms with Gasteiger partial charge in [-0.1, -0.05) is 15.9 Å². The van der Waals surface area contributed by atoms with E-state index in [1.54, 1.807) is 13.0 Å². The Morgan fingerprint density at radius 3 is 2.67 bits per heavy atom. The first-order valence-electron chi connectivity index (χ1n) is 4.22. The third-order valence-electron chi connectivity index (χ3n) is 2.08. The predicted octanol–water partition coefficient (Wildman–Crippen LogP) is 1.52. The van der Waals surface area contributed by atoms with Crippen LogP contribution in [0, 0.1) is 10.1 Å². The summed E-state index contributed by atoms with van der Waals surface area (Å²) < 4.78 is 0.567. The maximum Gasteiger partial charge on any atom is 0.270 e. The molecule has 0 aliphatic carbocycles. The first-order valence-corrected chi connectivity index (χ1v) is 5.01. The van der Waals surface area contributed by atoms with Crippen molar-refractivity contribution in [1.82, 2.24) is 0 Å². The maximum atomic E-state index is 10.6. The van der Waals surface area contributed by atoms with Gasteiger partial charge in [0.15, 0.2) is 0 Å². The van der Waals surface area contributed by atoms with Gasteiger partial charge in [0.25, 0.3) is 5.69 Å². The Balaban J connectivity index is 3.26. The summed E-state index contributed by atoms with van der Waals surface area (Å²) in [4.78, 5) is 10.1. The second-order valence-electron chi connectivity index (χ2n) is 3.53. The molecule has 1 atom stereocenters. The smallest absolute Gasteiger partial charge is 0.270 e. The van der Waals surface area contributed by atoms with Crippen molar-refractivity contribution in [2.75, 3.05) is 6.61 Å². The van der Waals surface area contributed by atoms with Crippen LogP contribution < -0.4 is 5.73 Å². The number of benzene rings is 1. The number of rotatable bonds is 3. The molecule has 3 N–H and O–H groups in total. The molecule has 1 aromatic rings. The van der Waals surface area contributed by atoms with E-state index in [2.05, 4.69) is 15.9 Å². The monoisotopic (exact) mass is 274 g/mol. The summed E-state index contributed by atoms with van der Waals surface area (Å²) in [6.07, 6.45) is 0. The average molecular weight is 275 g/mol. The van der Waals surface area contributed by atoms with Crippen LogP contribution in [0.3, 0.4) is 0 Å². The molecule has 0 aromatic heterocycles. The lowest BCUT2D eigenvalue weighted by atomic mass is 9.94. The number of aliphatic hydroxyl groups excluding tert-OH is 1. The highest BCUT2D eigenvalue weighted by Gasteiger charge is 2.23. The summed E-state index contributed by atoms with van der Waals surface area (Å²) in [7, 11) is 0. The van der Waals surface area contributed by atoms with Crippen LogP contribution in [0.15, 0.2) is 22.7 Å². The molecule has 5 nitrogen and oxygen atoms in total. The van der Waals surface area contributed by atoms with Crippen LogP contribution in [-0.2, 0) is 5.54 Å². The van der Waals surface area contributed by atoms with Gasteiger partial charge < -0.3 is 10.8 Å². The van der Waals surface area contributed by atoms with Crippen molar-refractivity contribution < 1.29 is 10.0 Å².